The molecule has 2 aliphatic heterocycles. The summed E-state index contributed by atoms with van der Waals surface area (Å²) in [5.41, 5.74) is 16.5. The van der Waals surface area contributed by atoms with Gasteiger partial charge in [0.05, 0.1) is 23.8 Å². The molecule has 16 nitrogen and oxygen atoms in total. The number of rotatable bonds is 11. The van der Waals surface area contributed by atoms with Crippen LogP contribution in [0, 0.1) is 6.92 Å². The molecule has 4 rings (SSSR count). The molecule has 43 heavy (non-hydrogen) atoms. The van der Waals surface area contributed by atoms with Crippen molar-refractivity contribution in [2.75, 3.05) is 28.7 Å². The number of nitrogens with two attached hydrogens (primary N) is 3. The number of anilines is 3. The Morgan fingerprint density at radius 1 is 1.33 bits per heavy atom. The monoisotopic (exact) mass is 651 g/mol. The number of nitrogens with one attached hydrogen (secondary N) is 1. The zero-order valence-corrected chi connectivity index (χ0v) is 25.9. The van der Waals surface area contributed by atoms with Crippen LogP contribution in [-0.2, 0) is 30.6 Å². The van der Waals surface area contributed by atoms with Gasteiger partial charge in [0.25, 0.3) is 11.8 Å². The number of amides is 2. The number of fused-ring (bicyclic) bond motifs is 1. The minimum absolute atomic E-state index is 0.00561. The number of oxime groups is 1. The van der Waals surface area contributed by atoms with Gasteiger partial charge in [-0.25, -0.2) is 14.3 Å². The van der Waals surface area contributed by atoms with Crippen LogP contribution in [0.5, 0.6) is 0 Å². The second kappa shape index (κ2) is 12.3. The Kier molecular flexibility index (Phi) is 9.07. The van der Waals surface area contributed by atoms with E-state index in [1.54, 1.807) is 11.5 Å². The van der Waals surface area contributed by atoms with Crippen LogP contribution in [0.2, 0.25) is 0 Å². The molecule has 2 atom stereocenters. The van der Waals surface area contributed by atoms with Crippen LogP contribution in [0.3, 0.4) is 0 Å². The predicted molar refractivity (Wildman–Crippen MR) is 157 cm³/mol. The van der Waals surface area contributed by atoms with E-state index in [-0.39, 0.29) is 33.8 Å². The quantitative estimate of drug-likeness (QED) is 0.0472. The number of thiazole rings is 1. The number of aliphatic carboxylic acids is 2. The Balaban J connectivity index is 1.54. The fourth-order valence-corrected chi connectivity index (χ4v) is 7.15. The van der Waals surface area contributed by atoms with Gasteiger partial charge in [-0.05, 0) is 45.0 Å². The van der Waals surface area contributed by atoms with E-state index in [0.29, 0.717) is 28.7 Å². The smallest absolute Gasteiger partial charge is 0.350 e. The highest BCUT2D eigenvalue weighted by molar-refractivity contribution is 8.01. The van der Waals surface area contributed by atoms with Crippen LogP contribution in [-0.4, -0.2) is 78.0 Å². The van der Waals surface area contributed by atoms with Crippen molar-refractivity contribution >= 4 is 81.1 Å². The van der Waals surface area contributed by atoms with Gasteiger partial charge in [0, 0.05) is 16.9 Å². The third-order valence-electron chi connectivity index (χ3n) is 6.58. The molecular weight excluding hydrogens is 623 g/mol. The molecule has 0 aliphatic carbocycles. The first-order chi connectivity index (χ1) is 20.2. The van der Waals surface area contributed by atoms with Gasteiger partial charge >= 0.3 is 11.1 Å². The van der Waals surface area contributed by atoms with E-state index in [2.05, 4.69) is 20.4 Å². The van der Waals surface area contributed by atoms with Crippen molar-refractivity contribution < 1.29 is 38.8 Å². The van der Waals surface area contributed by atoms with E-state index in [1.807, 2.05) is 6.92 Å². The number of aromatic nitrogens is 3. The number of nitrogen functional groups attached to an aromatic ring is 3. The highest BCUT2D eigenvalue weighted by Gasteiger charge is 2.53. The summed E-state index contributed by atoms with van der Waals surface area (Å²) in [4.78, 5) is 64.7. The zero-order valence-electron chi connectivity index (χ0n) is 23.4. The van der Waals surface area contributed by atoms with Crippen molar-refractivity contribution in [3.8, 4) is 0 Å². The lowest BCUT2D eigenvalue weighted by Gasteiger charge is -2.50. The molecule has 19 heteroatoms. The Labute approximate surface area is 257 Å². The Morgan fingerprint density at radius 2 is 2.02 bits per heavy atom. The van der Waals surface area contributed by atoms with Crippen molar-refractivity contribution in [1.82, 2.24) is 20.2 Å². The minimum atomic E-state index is -1.78. The van der Waals surface area contributed by atoms with Crippen LogP contribution < -0.4 is 32.2 Å². The summed E-state index contributed by atoms with van der Waals surface area (Å²) in [6.45, 7) is 6.62. The van der Waals surface area contributed by atoms with Crippen LogP contribution in [0.15, 0.2) is 27.0 Å². The average molecular weight is 652 g/mol. The summed E-state index contributed by atoms with van der Waals surface area (Å²) in [6.07, 6.45) is 0. The molecule has 0 bridgehead atoms. The van der Waals surface area contributed by atoms with E-state index in [9.17, 15) is 29.4 Å². The molecule has 230 valence electrons. The van der Waals surface area contributed by atoms with E-state index < -0.39 is 46.5 Å². The van der Waals surface area contributed by atoms with Crippen molar-refractivity contribution in [3.63, 3.8) is 0 Å². The largest absolute Gasteiger partial charge is 0.543 e. The second-order valence-corrected chi connectivity index (χ2v) is 12.8. The van der Waals surface area contributed by atoms with Gasteiger partial charge in [0.15, 0.2) is 10.8 Å². The lowest BCUT2D eigenvalue weighted by Crippen LogP contribution is -2.71. The standard InChI is InChI=1S/C24H29N9O7S3/c1-5-32-16(26)9(2)15(25)30-23(32)43-7-10-6-41-19-13(18(35)33(19)14(10)20(36)37)29-17(34)12(11-8-42-22(27)28-11)31-40-24(3,4)21(38)39/h8,13,19H,5-7H2,1-4H3,(H8,25,26,27,28,29,34,36,37,38,39)/b31-12-. The Bertz CT molecular complexity index is 1570. The van der Waals surface area contributed by atoms with Gasteiger partial charge in [-0.2, -0.15) is 0 Å². The molecule has 4 heterocycles. The number of thioether (sulfide) groups is 2. The van der Waals surface area contributed by atoms with Crippen molar-refractivity contribution in [2.24, 2.45) is 5.16 Å². The molecule has 2 unspecified atom stereocenters. The van der Waals surface area contributed by atoms with E-state index in [1.165, 1.54) is 42.8 Å². The molecule has 1 fully saturated rings. The normalized spacial score (nSPS) is 18.7. The van der Waals surface area contributed by atoms with E-state index >= 15 is 0 Å². The summed E-state index contributed by atoms with van der Waals surface area (Å²) < 4.78 is 1.76. The van der Waals surface area contributed by atoms with Gasteiger partial charge in [-0.3, -0.25) is 14.5 Å². The number of carboxylic acids is 2. The fourth-order valence-electron chi connectivity index (χ4n) is 4.04. The van der Waals surface area contributed by atoms with E-state index in [4.69, 9.17) is 22.0 Å². The number of nitrogens with zero attached hydrogens (tertiary/aromatic N) is 5. The minimum Gasteiger partial charge on any atom is -0.543 e. The van der Waals surface area contributed by atoms with Crippen molar-refractivity contribution in [3.05, 3.63) is 27.9 Å². The second-order valence-electron chi connectivity index (χ2n) is 9.84. The molecule has 0 aromatic carbocycles. The highest BCUT2D eigenvalue weighted by Crippen LogP contribution is 2.41. The molecule has 8 N–H and O–H groups in total. The highest BCUT2D eigenvalue weighted by atomic mass is 32.2. The molecule has 2 aliphatic rings. The van der Waals surface area contributed by atoms with E-state index in [0.717, 1.165) is 16.2 Å². The maximum atomic E-state index is 13.2. The SMILES string of the molecule is CC[n+]1c(SCC2=C(C(=O)[O-])N3C(=O)C(NC(=O)/C(=N\OC(C)(C)C(=O)O)c4csc(N)n4)C3SC2)nc(N)c(C)c1N. The zero-order chi connectivity index (χ0) is 31.8. The fraction of sp³-hybridized carbons (Fsp3) is 0.417. The molecule has 2 amide bonds. The van der Waals surface area contributed by atoms with Crippen LogP contribution >= 0.6 is 34.9 Å². The topological polar surface area (TPSA) is 256 Å². The summed E-state index contributed by atoms with van der Waals surface area (Å²) in [5, 5.41) is 29.1. The van der Waals surface area contributed by atoms with Crippen molar-refractivity contribution in [2.45, 2.75) is 56.4 Å². The van der Waals surface area contributed by atoms with Gasteiger partial charge in [0.2, 0.25) is 17.2 Å². The number of carbonyl (C=O) groups is 4. The summed E-state index contributed by atoms with van der Waals surface area (Å²) in [7, 11) is 0. The van der Waals surface area contributed by atoms with Gasteiger partial charge in [-0.15, -0.1) is 23.1 Å². The van der Waals surface area contributed by atoms with Crippen molar-refractivity contribution in [1.29, 1.82) is 0 Å². The summed E-state index contributed by atoms with van der Waals surface area (Å²) in [6, 6.07) is -1.12. The molecule has 0 radical (unpaired) electrons. The molecular formula is C24H29N9O7S3. The number of hydrogen-bond acceptors (Lipinski definition) is 15. The number of β-lactam (4-membered cyclic amide) rings is 1. The lowest BCUT2D eigenvalue weighted by atomic mass is 10.0. The molecule has 0 spiro atoms. The molecule has 2 aromatic heterocycles. The number of carboxylic acid groups (broad SMARTS) is 2. The summed E-state index contributed by atoms with van der Waals surface area (Å²) in [5.74, 6) is -3.35. The number of carbonyl (C=O) groups excluding carboxylic acids is 3. The third kappa shape index (κ3) is 6.18. The van der Waals surface area contributed by atoms with Crippen LogP contribution in [0.1, 0.15) is 32.0 Å². The molecule has 1 saturated heterocycles. The van der Waals surface area contributed by atoms with Crippen LogP contribution in [0.25, 0.3) is 0 Å². The third-order valence-corrected chi connectivity index (χ3v) is 9.66. The predicted octanol–water partition coefficient (Wildman–Crippen LogP) is -1.32. The van der Waals surface area contributed by atoms with Gasteiger partial charge in [0.1, 0.15) is 17.1 Å². The first-order valence-corrected chi connectivity index (χ1v) is 15.6. The number of hydrogen-bond donors (Lipinski definition) is 5. The molecule has 2 aromatic rings. The maximum absolute atomic E-state index is 13.2. The maximum Gasteiger partial charge on any atom is 0.350 e. The van der Waals surface area contributed by atoms with Gasteiger partial charge in [-0.1, -0.05) is 10.1 Å². The Hall–Kier alpha value is -4.10. The van der Waals surface area contributed by atoms with Gasteiger partial charge < -0.3 is 42.4 Å². The lowest BCUT2D eigenvalue weighted by molar-refractivity contribution is -0.720. The Morgan fingerprint density at radius 3 is 2.60 bits per heavy atom. The first kappa shape index (κ1) is 31.8. The summed E-state index contributed by atoms with van der Waals surface area (Å²) >= 11 is 3.49. The first-order valence-electron chi connectivity index (χ1n) is 12.7. The molecule has 0 saturated carbocycles. The average Bonchev–Trinajstić information content (AvgIpc) is 3.38. The van der Waals surface area contributed by atoms with Crippen LogP contribution in [0.4, 0.5) is 16.8 Å².